The van der Waals surface area contributed by atoms with Gasteiger partial charge in [0.15, 0.2) is 0 Å². The molecule has 112 valence electrons. The predicted molar refractivity (Wildman–Crippen MR) is 87.9 cm³/mol. The summed E-state index contributed by atoms with van der Waals surface area (Å²) in [5, 5.41) is 2.77. The third-order valence-corrected chi connectivity index (χ3v) is 4.00. The van der Waals surface area contributed by atoms with Gasteiger partial charge in [-0.3, -0.25) is 9.52 Å². The van der Waals surface area contributed by atoms with E-state index in [2.05, 4.69) is 30.8 Å². The molecule has 0 heterocycles. The quantitative estimate of drug-likeness (QED) is 0.696. The first-order valence-corrected chi connectivity index (χ1v) is 8.09. The van der Waals surface area contributed by atoms with E-state index in [1.54, 1.807) is 11.9 Å². The van der Waals surface area contributed by atoms with Gasteiger partial charge in [-0.15, -0.1) is 0 Å². The summed E-state index contributed by atoms with van der Waals surface area (Å²) >= 11 is 1.65. The summed E-state index contributed by atoms with van der Waals surface area (Å²) in [5.74, 6) is 0.749. The Morgan fingerprint density at radius 1 is 1.15 bits per heavy atom. The van der Waals surface area contributed by atoms with Crippen molar-refractivity contribution in [2.45, 2.75) is 57.9 Å². The maximum atomic E-state index is 10.9. The molecule has 3 nitrogen and oxygen atoms in total. The fourth-order valence-electron chi connectivity index (χ4n) is 1.87. The summed E-state index contributed by atoms with van der Waals surface area (Å²) in [4.78, 5) is 12.1. The number of nitrogens with one attached hydrogen (secondary N) is 2. The number of anilines is 1. The third kappa shape index (κ3) is 7.56. The largest absolute Gasteiger partial charge is 0.326 e. The number of carbonyl (C=O) groups is 1. The van der Waals surface area contributed by atoms with Crippen LogP contribution in [0.15, 0.2) is 29.2 Å². The molecule has 0 aromatic heterocycles. The van der Waals surface area contributed by atoms with Crippen LogP contribution in [0, 0.1) is 5.92 Å². The van der Waals surface area contributed by atoms with Crippen molar-refractivity contribution in [3.63, 3.8) is 0 Å². The number of rotatable bonds is 8. The van der Waals surface area contributed by atoms with Crippen LogP contribution >= 0.6 is 11.9 Å². The van der Waals surface area contributed by atoms with Crippen molar-refractivity contribution in [3.05, 3.63) is 24.3 Å². The van der Waals surface area contributed by atoms with Gasteiger partial charge in [0.2, 0.25) is 5.91 Å². The molecular formula is C16H26N2OS. The minimum Gasteiger partial charge on any atom is -0.326 e. The Morgan fingerprint density at radius 3 is 2.35 bits per heavy atom. The number of carbonyl (C=O) groups excluding carboxylic acids is 1. The average Bonchev–Trinajstić information content (AvgIpc) is 2.37. The normalized spacial score (nSPS) is 12.4. The van der Waals surface area contributed by atoms with Crippen LogP contribution in [-0.2, 0) is 4.79 Å². The van der Waals surface area contributed by atoms with Gasteiger partial charge in [0.1, 0.15) is 0 Å². The van der Waals surface area contributed by atoms with Crippen LogP contribution in [0.5, 0.6) is 0 Å². The van der Waals surface area contributed by atoms with Gasteiger partial charge < -0.3 is 5.32 Å². The Hall–Kier alpha value is -1.00. The van der Waals surface area contributed by atoms with Crippen molar-refractivity contribution in [2.24, 2.45) is 5.92 Å². The summed E-state index contributed by atoms with van der Waals surface area (Å²) in [7, 11) is 0. The lowest BCUT2D eigenvalue weighted by molar-refractivity contribution is -0.114. The van der Waals surface area contributed by atoms with E-state index in [1.165, 1.54) is 26.2 Å². The summed E-state index contributed by atoms with van der Waals surface area (Å²) in [6.07, 6.45) is 3.77. The van der Waals surface area contributed by atoms with E-state index >= 15 is 0 Å². The highest BCUT2D eigenvalue weighted by molar-refractivity contribution is 7.97. The van der Waals surface area contributed by atoms with Gasteiger partial charge in [-0.25, -0.2) is 0 Å². The van der Waals surface area contributed by atoms with E-state index in [0.717, 1.165) is 16.5 Å². The van der Waals surface area contributed by atoms with E-state index in [1.807, 2.05) is 24.3 Å². The molecular weight excluding hydrogens is 268 g/mol. The van der Waals surface area contributed by atoms with Crippen LogP contribution in [0.25, 0.3) is 0 Å². The Kier molecular flexibility index (Phi) is 7.70. The molecule has 1 aromatic rings. The number of benzene rings is 1. The van der Waals surface area contributed by atoms with Gasteiger partial charge in [-0.05, 0) is 55.5 Å². The molecule has 0 saturated heterocycles. The van der Waals surface area contributed by atoms with Crippen LogP contribution in [0.1, 0.15) is 47.0 Å². The lowest BCUT2D eigenvalue weighted by Crippen LogP contribution is -2.18. The topological polar surface area (TPSA) is 41.1 Å². The highest BCUT2D eigenvalue weighted by Crippen LogP contribution is 2.19. The molecule has 20 heavy (non-hydrogen) atoms. The molecule has 0 aliphatic heterocycles. The van der Waals surface area contributed by atoms with E-state index < -0.39 is 0 Å². The molecule has 0 spiro atoms. The SMILES string of the molecule is CC(=O)Nc1ccc(SNC(C)CCCC(C)C)cc1. The Balaban J connectivity index is 2.28. The molecule has 0 saturated carbocycles. The average molecular weight is 294 g/mol. The standard InChI is InChI=1S/C16H26N2OS/c1-12(2)6-5-7-13(3)18-20-16-10-8-15(9-11-16)17-14(4)19/h8-13,18H,5-7H2,1-4H3,(H,17,19). The van der Waals surface area contributed by atoms with Crippen LogP contribution < -0.4 is 10.0 Å². The molecule has 0 aliphatic carbocycles. The second-order valence-electron chi connectivity index (χ2n) is 5.65. The van der Waals surface area contributed by atoms with Crippen LogP contribution in [0.2, 0.25) is 0 Å². The Morgan fingerprint density at radius 2 is 1.80 bits per heavy atom. The number of hydrogen-bond donors (Lipinski definition) is 2. The maximum Gasteiger partial charge on any atom is 0.221 e. The zero-order chi connectivity index (χ0) is 15.0. The molecule has 1 atom stereocenters. The molecule has 0 radical (unpaired) electrons. The van der Waals surface area contributed by atoms with Gasteiger partial charge in [0.05, 0.1) is 0 Å². The van der Waals surface area contributed by atoms with Gasteiger partial charge in [0.25, 0.3) is 0 Å². The first-order valence-electron chi connectivity index (χ1n) is 7.27. The Bertz CT molecular complexity index is 403. The highest BCUT2D eigenvalue weighted by atomic mass is 32.2. The van der Waals surface area contributed by atoms with Crippen molar-refractivity contribution in [1.29, 1.82) is 0 Å². The van der Waals surface area contributed by atoms with Gasteiger partial charge >= 0.3 is 0 Å². The second-order valence-corrected chi connectivity index (χ2v) is 6.56. The van der Waals surface area contributed by atoms with Crippen LogP contribution in [-0.4, -0.2) is 11.9 Å². The molecule has 0 aliphatic rings. The predicted octanol–water partition coefficient (Wildman–Crippen LogP) is 4.46. The zero-order valence-corrected chi connectivity index (χ0v) is 13.7. The van der Waals surface area contributed by atoms with Gasteiger partial charge in [0, 0.05) is 23.5 Å². The lowest BCUT2D eigenvalue weighted by atomic mass is 10.0. The van der Waals surface area contributed by atoms with Crippen molar-refractivity contribution < 1.29 is 4.79 Å². The fraction of sp³-hybridized carbons (Fsp3) is 0.562. The summed E-state index contributed by atoms with van der Waals surface area (Å²) < 4.78 is 3.46. The summed E-state index contributed by atoms with van der Waals surface area (Å²) in [6, 6.07) is 8.39. The molecule has 2 N–H and O–H groups in total. The first kappa shape index (κ1) is 17.1. The summed E-state index contributed by atoms with van der Waals surface area (Å²) in [5.41, 5.74) is 0.840. The van der Waals surface area contributed by atoms with Gasteiger partial charge in [-0.1, -0.05) is 26.7 Å². The molecule has 1 amide bonds. The molecule has 4 heteroatoms. The molecule has 0 bridgehead atoms. The minimum atomic E-state index is -0.0395. The first-order chi connectivity index (χ1) is 9.47. The Labute approximate surface area is 127 Å². The van der Waals surface area contributed by atoms with E-state index in [0.29, 0.717) is 6.04 Å². The smallest absolute Gasteiger partial charge is 0.221 e. The van der Waals surface area contributed by atoms with E-state index in [-0.39, 0.29) is 5.91 Å². The van der Waals surface area contributed by atoms with Gasteiger partial charge in [-0.2, -0.15) is 0 Å². The number of hydrogen-bond acceptors (Lipinski definition) is 3. The highest BCUT2D eigenvalue weighted by Gasteiger charge is 2.04. The monoisotopic (exact) mass is 294 g/mol. The molecule has 1 aromatic carbocycles. The van der Waals surface area contributed by atoms with E-state index in [9.17, 15) is 4.79 Å². The van der Waals surface area contributed by atoms with E-state index in [4.69, 9.17) is 0 Å². The zero-order valence-electron chi connectivity index (χ0n) is 12.9. The van der Waals surface area contributed by atoms with Crippen LogP contribution in [0.4, 0.5) is 5.69 Å². The van der Waals surface area contributed by atoms with Crippen molar-refractivity contribution in [3.8, 4) is 0 Å². The van der Waals surface area contributed by atoms with Crippen molar-refractivity contribution in [2.75, 3.05) is 5.32 Å². The fourth-order valence-corrected chi connectivity index (χ4v) is 2.60. The third-order valence-electron chi connectivity index (χ3n) is 2.97. The van der Waals surface area contributed by atoms with Crippen LogP contribution in [0.3, 0.4) is 0 Å². The van der Waals surface area contributed by atoms with Crippen molar-refractivity contribution >= 4 is 23.5 Å². The molecule has 1 unspecified atom stereocenters. The second kappa shape index (κ2) is 9.03. The maximum absolute atomic E-state index is 10.9. The minimum absolute atomic E-state index is 0.0395. The lowest BCUT2D eigenvalue weighted by Gasteiger charge is -2.13. The summed E-state index contributed by atoms with van der Waals surface area (Å²) in [6.45, 7) is 8.27. The molecule has 1 rings (SSSR count). The molecule has 0 fully saturated rings. The van der Waals surface area contributed by atoms with Crippen molar-refractivity contribution in [1.82, 2.24) is 4.72 Å². The number of amides is 1.